The van der Waals surface area contributed by atoms with E-state index in [0.29, 0.717) is 35.3 Å². The van der Waals surface area contributed by atoms with Gasteiger partial charge in [0.15, 0.2) is 0 Å². The molecular weight excluding hydrogens is 492 g/mol. The van der Waals surface area contributed by atoms with Gasteiger partial charge < -0.3 is 10.1 Å². The molecule has 0 bridgehead atoms. The van der Waals surface area contributed by atoms with Crippen LogP contribution in [0.5, 0.6) is 0 Å². The van der Waals surface area contributed by atoms with Gasteiger partial charge >= 0.3 is 0 Å². The van der Waals surface area contributed by atoms with E-state index in [9.17, 15) is 8.42 Å². The van der Waals surface area contributed by atoms with E-state index in [1.807, 2.05) is 0 Å². The third kappa shape index (κ3) is 4.43. The Balaban J connectivity index is 0.00000267. The predicted molar refractivity (Wildman–Crippen MR) is 148 cm³/mol. The van der Waals surface area contributed by atoms with Crippen molar-refractivity contribution in [1.82, 2.24) is 10.0 Å². The number of sulfonamides is 1. The van der Waals surface area contributed by atoms with Gasteiger partial charge in [-0.1, -0.05) is 31.9 Å². The molecule has 0 radical (unpaired) electrons. The fraction of sp³-hybridized carbons (Fsp3) is 0.931. The minimum atomic E-state index is -3.13. The first-order chi connectivity index (χ1) is 16.5. The lowest BCUT2D eigenvalue weighted by Gasteiger charge is -2.54. The molecule has 7 heteroatoms. The lowest BCUT2D eigenvalue weighted by atomic mass is 9.52. The van der Waals surface area contributed by atoms with Gasteiger partial charge in [0.05, 0.1) is 18.0 Å². The van der Waals surface area contributed by atoms with E-state index in [4.69, 9.17) is 4.74 Å². The molecule has 4 aliphatic carbocycles. The van der Waals surface area contributed by atoms with E-state index in [-0.39, 0.29) is 24.0 Å². The maximum absolute atomic E-state index is 11.9. The Bertz CT molecular complexity index is 1000. The molecule has 5 fully saturated rings. The summed E-state index contributed by atoms with van der Waals surface area (Å²) in [6.45, 7) is 11.0. The SMILES string of the molecule is CC1=C2C[C@@H]3[C@@H](CC[C@@H]4CC(NS(C)(=O)=O)CC[C@@]43C)[C@H]2CCC2(C1)O[C@@H]1C[C@@H](C)CN[C@@H]1[C@H]2C.Cl. The number of allylic oxidation sites excluding steroid dienone is 1. The zero-order valence-corrected chi connectivity index (χ0v) is 24.6. The molecule has 0 aromatic carbocycles. The standard InChI is InChI=1S/C29H48N2O3S.ClH/c1-17-12-26-27(30-16-17)19(3)29(34-26)11-9-22-23-7-6-20-13-21(31-35(5,32)33)8-10-28(20,4)25(23)14-24(22)18(2)15-29;/h17,19-23,25-27,30-31H,6-16H2,1-5H3;1H/t17-,19-,20-,21?,22-,23+,25-,26-,27-,28+,29?;/m1./s1. The largest absolute Gasteiger partial charge is 0.369 e. The van der Waals surface area contributed by atoms with Gasteiger partial charge in [0.1, 0.15) is 0 Å². The van der Waals surface area contributed by atoms with Crippen LogP contribution in [-0.2, 0) is 14.8 Å². The Morgan fingerprint density at radius 2 is 1.86 bits per heavy atom. The van der Waals surface area contributed by atoms with Crippen molar-refractivity contribution >= 4 is 22.4 Å². The second-order valence-electron chi connectivity index (χ2n) is 14.0. The van der Waals surface area contributed by atoms with Crippen LogP contribution in [0, 0.1) is 40.9 Å². The van der Waals surface area contributed by atoms with Crippen LogP contribution in [-0.4, -0.2) is 45.0 Å². The summed E-state index contributed by atoms with van der Waals surface area (Å²) in [5.41, 5.74) is 3.83. The van der Waals surface area contributed by atoms with E-state index < -0.39 is 10.0 Å². The Labute approximate surface area is 225 Å². The third-order valence-electron chi connectivity index (χ3n) is 12.0. The number of ether oxygens (including phenoxy) is 1. The van der Waals surface area contributed by atoms with Gasteiger partial charge in [0.25, 0.3) is 0 Å². The molecule has 2 aliphatic heterocycles. The quantitative estimate of drug-likeness (QED) is 0.457. The topological polar surface area (TPSA) is 67.4 Å². The van der Waals surface area contributed by atoms with E-state index in [0.717, 1.165) is 43.6 Å². The highest BCUT2D eigenvalue weighted by Gasteiger charge is 2.59. The summed E-state index contributed by atoms with van der Waals surface area (Å²) in [6.07, 6.45) is 13.6. The molecule has 206 valence electrons. The van der Waals surface area contributed by atoms with E-state index in [1.54, 1.807) is 11.1 Å². The van der Waals surface area contributed by atoms with Gasteiger partial charge in [0.2, 0.25) is 10.0 Å². The molecule has 36 heavy (non-hydrogen) atoms. The van der Waals surface area contributed by atoms with Crippen molar-refractivity contribution in [3.8, 4) is 0 Å². The van der Waals surface area contributed by atoms with Crippen LogP contribution in [0.3, 0.4) is 0 Å². The monoisotopic (exact) mass is 540 g/mol. The Morgan fingerprint density at radius 1 is 1.08 bits per heavy atom. The summed E-state index contributed by atoms with van der Waals surface area (Å²) in [7, 11) is -3.13. The highest BCUT2D eigenvalue weighted by molar-refractivity contribution is 7.88. The van der Waals surface area contributed by atoms with Crippen molar-refractivity contribution in [1.29, 1.82) is 0 Å². The first-order valence-electron chi connectivity index (χ1n) is 14.6. The minimum absolute atomic E-state index is 0. The zero-order valence-electron chi connectivity index (χ0n) is 23.0. The highest BCUT2D eigenvalue weighted by Crippen LogP contribution is 2.65. The average molecular weight is 541 g/mol. The Hall–Kier alpha value is -0.140. The molecule has 1 spiro atoms. The zero-order chi connectivity index (χ0) is 24.8. The average Bonchev–Trinajstić information content (AvgIpc) is 3.23. The van der Waals surface area contributed by atoms with Gasteiger partial charge in [-0.25, -0.2) is 13.1 Å². The smallest absolute Gasteiger partial charge is 0.208 e. The van der Waals surface area contributed by atoms with Crippen molar-refractivity contribution in [2.24, 2.45) is 40.9 Å². The molecule has 0 aromatic heterocycles. The van der Waals surface area contributed by atoms with Crippen molar-refractivity contribution in [2.75, 3.05) is 12.8 Å². The van der Waals surface area contributed by atoms with Crippen LogP contribution >= 0.6 is 12.4 Å². The predicted octanol–water partition coefficient (Wildman–Crippen LogP) is 5.45. The van der Waals surface area contributed by atoms with E-state index in [2.05, 4.69) is 37.7 Å². The van der Waals surface area contributed by atoms with Crippen LogP contribution in [0.25, 0.3) is 0 Å². The Morgan fingerprint density at radius 3 is 2.61 bits per heavy atom. The van der Waals surface area contributed by atoms with Crippen LogP contribution in [0.2, 0.25) is 0 Å². The van der Waals surface area contributed by atoms with Crippen LogP contribution < -0.4 is 10.0 Å². The maximum Gasteiger partial charge on any atom is 0.208 e. The maximum atomic E-state index is 11.9. The van der Waals surface area contributed by atoms with E-state index >= 15 is 0 Å². The number of nitrogens with one attached hydrogen (secondary N) is 2. The van der Waals surface area contributed by atoms with Crippen LogP contribution in [0.15, 0.2) is 11.1 Å². The fourth-order valence-electron chi connectivity index (χ4n) is 10.2. The van der Waals surface area contributed by atoms with Gasteiger partial charge in [-0.3, -0.25) is 0 Å². The molecule has 6 aliphatic rings. The summed E-state index contributed by atoms with van der Waals surface area (Å²) >= 11 is 0. The van der Waals surface area contributed by atoms with Crippen LogP contribution in [0.4, 0.5) is 0 Å². The molecule has 2 heterocycles. The first kappa shape index (κ1) is 27.4. The first-order valence-corrected chi connectivity index (χ1v) is 16.5. The molecule has 0 aromatic rings. The summed E-state index contributed by atoms with van der Waals surface area (Å²) in [5, 5.41) is 3.85. The van der Waals surface area contributed by atoms with E-state index in [1.165, 1.54) is 51.2 Å². The normalized spacial score (nSPS) is 50.5. The molecule has 6 rings (SSSR count). The lowest BCUT2D eigenvalue weighted by molar-refractivity contribution is -0.0746. The van der Waals surface area contributed by atoms with Crippen molar-refractivity contribution < 1.29 is 13.2 Å². The summed E-state index contributed by atoms with van der Waals surface area (Å²) in [6, 6.07) is 0.660. The molecule has 5 nitrogen and oxygen atoms in total. The summed E-state index contributed by atoms with van der Waals surface area (Å²) in [4.78, 5) is 0. The van der Waals surface area contributed by atoms with Gasteiger partial charge in [0, 0.05) is 18.0 Å². The van der Waals surface area contributed by atoms with Crippen molar-refractivity contribution in [3.05, 3.63) is 11.1 Å². The number of hydrogen-bond donors (Lipinski definition) is 2. The lowest BCUT2D eigenvalue weighted by Crippen LogP contribution is -2.50. The third-order valence-corrected chi connectivity index (χ3v) is 12.8. The molecule has 2 N–H and O–H groups in total. The highest BCUT2D eigenvalue weighted by atomic mass is 35.5. The summed E-state index contributed by atoms with van der Waals surface area (Å²) < 4.78 is 33.7. The second-order valence-corrected chi connectivity index (χ2v) is 15.8. The molecule has 2 unspecified atom stereocenters. The molecule has 0 amide bonds. The van der Waals surface area contributed by atoms with Gasteiger partial charge in [-0.2, -0.15) is 0 Å². The number of halogens is 1. The second kappa shape index (κ2) is 9.50. The Kier molecular flexibility index (Phi) is 7.24. The van der Waals surface area contributed by atoms with Gasteiger partial charge in [-0.05, 0) is 113 Å². The van der Waals surface area contributed by atoms with Crippen molar-refractivity contribution in [2.45, 2.75) is 116 Å². The molecule has 11 atom stereocenters. The molecule has 2 saturated heterocycles. The number of piperidine rings is 1. The minimum Gasteiger partial charge on any atom is -0.369 e. The molecular formula is C29H49ClN2O3S. The molecule has 3 saturated carbocycles. The summed E-state index contributed by atoms with van der Waals surface area (Å²) in [5.74, 6) is 4.28. The number of rotatable bonds is 2. The number of fused-ring (bicyclic) bond motifs is 6. The van der Waals surface area contributed by atoms with Gasteiger partial charge in [-0.15, -0.1) is 12.4 Å². The fourth-order valence-corrected chi connectivity index (χ4v) is 11.1. The van der Waals surface area contributed by atoms with Crippen molar-refractivity contribution in [3.63, 3.8) is 0 Å². The number of hydrogen-bond acceptors (Lipinski definition) is 4. The van der Waals surface area contributed by atoms with Crippen LogP contribution in [0.1, 0.15) is 91.9 Å².